The molecule has 2 aliphatic heterocycles. The fourth-order valence-electron chi connectivity index (χ4n) is 2.72. The number of hydrogen-bond donors (Lipinski definition) is 2. The molecule has 3 heterocycles. The molecule has 0 aliphatic carbocycles. The van der Waals surface area contributed by atoms with Gasteiger partial charge in [-0.15, -0.1) is 5.10 Å². The van der Waals surface area contributed by atoms with E-state index >= 15 is 0 Å². The Bertz CT molecular complexity index is 706. The summed E-state index contributed by atoms with van der Waals surface area (Å²) in [6, 6.07) is 5.86. The Morgan fingerprint density at radius 3 is 3.04 bits per heavy atom. The second-order valence-corrected chi connectivity index (χ2v) is 5.72. The Morgan fingerprint density at radius 1 is 1.17 bits per heavy atom. The summed E-state index contributed by atoms with van der Waals surface area (Å²) in [4.78, 5) is 4.41. The van der Waals surface area contributed by atoms with Gasteiger partial charge in [0.15, 0.2) is 17.3 Å². The molecule has 0 spiro atoms. The molecule has 8 heteroatoms. The molecule has 2 aliphatic rings. The van der Waals surface area contributed by atoms with Crippen molar-refractivity contribution < 1.29 is 14.2 Å². The van der Waals surface area contributed by atoms with Crippen LogP contribution in [-0.2, 0) is 11.3 Å². The van der Waals surface area contributed by atoms with Crippen molar-refractivity contribution in [2.24, 2.45) is 0 Å². The first kappa shape index (κ1) is 14.9. The summed E-state index contributed by atoms with van der Waals surface area (Å²) < 4.78 is 16.3. The molecular weight excluding hydrogens is 310 g/mol. The lowest BCUT2D eigenvalue weighted by molar-refractivity contribution is 0.120. The molecule has 1 saturated heterocycles. The second-order valence-electron chi connectivity index (χ2n) is 5.72. The van der Waals surface area contributed by atoms with E-state index in [9.17, 15) is 0 Å². The zero-order valence-electron chi connectivity index (χ0n) is 13.2. The van der Waals surface area contributed by atoms with E-state index in [0.717, 1.165) is 36.5 Å². The molecule has 8 nitrogen and oxygen atoms in total. The minimum atomic E-state index is 0.235. The quantitative estimate of drug-likeness (QED) is 0.829. The van der Waals surface area contributed by atoms with E-state index in [1.54, 1.807) is 6.20 Å². The molecule has 0 amide bonds. The van der Waals surface area contributed by atoms with E-state index in [1.165, 1.54) is 0 Å². The second kappa shape index (κ2) is 6.88. The predicted octanol–water partition coefficient (Wildman–Crippen LogP) is 1.80. The van der Waals surface area contributed by atoms with Crippen LogP contribution < -0.4 is 20.1 Å². The van der Waals surface area contributed by atoms with Crippen LogP contribution in [0.25, 0.3) is 0 Å². The lowest BCUT2D eigenvalue weighted by atomic mass is 10.2. The van der Waals surface area contributed by atoms with Crippen molar-refractivity contribution in [3.8, 4) is 11.5 Å². The number of anilines is 2. The minimum Gasteiger partial charge on any atom is -0.454 e. The molecular formula is C16H19N5O3. The van der Waals surface area contributed by atoms with Gasteiger partial charge >= 0.3 is 0 Å². The van der Waals surface area contributed by atoms with Crippen LogP contribution in [0.15, 0.2) is 24.4 Å². The van der Waals surface area contributed by atoms with Crippen LogP contribution in [0.1, 0.15) is 18.4 Å². The third-order valence-corrected chi connectivity index (χ3v) is 3.98. The summed E-state index contributed by atoms with van der Waals surface area (Å²) in [6.07, 6.45) is 4.02. The summed E-state index contributed by atoms with van der Waals surface area (Å²) in [5.41, 5.74) is 1.08. The van der Waals surface area contributed by atoms with Crippen LogP contribution in [0.3, 0.4) is 0 Å². The van der Waals surface area contributed by atoms with E-state index in [0.29, 0.717) is 24.9 Å². The van der Waals surface area contributed by atoms with Crippen LogP contribution in [0.5, 0.6) is 11.5 Å². The van der Waals surface area contributed by atoms with Gasteiger partial charge in [-0.1, -0.05) is 6.07 Å². The van der Waals surface area contributed by atoms with Crippen molar-refractivity contribution in [2.75, 3.05) is 30.6 Å². The molecule has 1 fully saturated rings. The van der Waals surface area contributed by atoms with Crippen molar-refractivity contribution in [1.82, 2.24) is 15.2 Å². The van der Waals surface area contributed by atoms with Crippen LogP contribution in [-0.4, -0.2) is 41.2 Å². The lowest BCUT2D eigenvalue weighted by Crippen LogP contribution is -2.20. The zero-order valence-corrected chi connectivity index (χ0v) is 13.2. The highest BCUT2D eigenvalue weighted by molar-refractivity contribution is 5.46. The third-order valence-electron chi connectivity index (χ3n) is 3.98. The Balaban J connectivity index is 1.33. The normalized spacial score (nSPS) is 18.6. The van der Waals surface area contributed by atoms with E-state index < -0.39 is 0 Å². The largest absolute Gasteiger partial charge is 0.454 e. The SMILES string of the molecule is c1cc2c(cc1CNc1cnnc(NCC3CCCO3)n1)OCO2. The first-order valence-corrected chi connectivity index (χ1v) is 8.04. The molecule has 0 saturated carbocycles. The first-order chi connectivity index (χ1) is 11.9. The van der Waals surface area contributed by atoms with Gasteiger partial charge in [-0.05, 0) is 30.5 Å². The van der Waals surface area contributed by atoms with E-state index in [1.807, 2.05) is 18.2 Å². The fraction of sp³-hybridized carbons (Fsp3) is 0.438. The average Bonchev–Trinajstić information content (AvgIpc) is 3.29. The van der Waals surface area contributed by atoms with Crippen molar-refractivity contribution in [2.45, 2.75) is 25.5 Å². The van der Waals surface area contributed by atoms with Crippen molar-refractivity contribution in [3.63, 3.8) is 0 Å². The van der Waals surface area contributed by atoms with Gasteiger partial charge in [-0.25, -0.2) is 0 Å². The summed E-state index contributed by atoms with van der Waals surface area (Å²) >= 11 is 0. The number of rotatable bonds is 6. The number of ether oxygens (including phenoxy) is 3. The highest BCUT2D eigenvalue weighted by atomic mass is 16.7. The van der Waals surface area contributed by atoms with Crippen molar-refractivity contribution in [1.29, 1.82) is 0 Å². The maximum atomic E-state index is 5.57. The molecule has 1 aromatic heterocycles. The highest BCUT2D eigenvalue weighted by Crippen LogP contribution is 2.32. The Labute approximate surface area is 139 Å². The van der Waals surface area contributed by atoms with Gasteiger partial charge in [0.25, 0.3) is 0 Å². The van der Waals surface area contributed by atoms with E-state index in [-0.39, 0.29) is 12.9 Å². The number of aromatic nitrogens is 3. The van der Waals surface area contributed by atoms with Gasteiger partial charge in [0.1, 0.15) is 0 Å². The van der Waals surface area contributed by atoms with E-state index in [2.05, 4.69) is 25.8 Å². The van der Waals surface area contributed by atoms with Crippen molar-refractivity contribution in [3.05, 3.63) is 30.0 Å². The number of fused-ring (bicyclic) bond motifs is 1. The standard InChI is InChI=1S/C16H19N5O3/c1-2-12(22-5-1)8-18-16-20-15(9-19-21-16)17-7-11-3-4-13-14(6-11)24-10-23-13/h3-4,6,9,12H,1-2,5,7-8,10H2,(H2,17,18,20,21). The van der Waals surface area contributed by atoms with Crippen LogP contribution in [0.2, 0.25) is 0 Å². The van der Waals surface area contributed by atoms with Gasteiger partial charge in [-0.3, -0.25) is 0 Å². The molecule has 4 rings (SSSR count). The summed E-state index contributed by atoms with van der Waals surface area (Å²) in [5, 5.41) is 14.4. The van der Waals surface area contributed by atoms with Gasteiger partial charge in [0, 0.05) is 19.7 Å². The third kappa shape index (κ3) is 3.48. The molecule has 0 bridgehead atoms. The van der Waals surface area contributed by atoms with Crippen molar-refractivity contribution >= 4 is 11.8 Å². The van der Waals surface area contributed by atoms with Gasteiger partial charge in [0.05, 0.1) is 12.3 Å². The molecule has 2 N–H and O–H groups in total. The molecule has 1 aromatic carbocycles. The van der Waals surface area contributed by atoms with Gasteiger partial charge < -0.3 is 24.8 Å². The minimum absolute atomic E-state index is 0.235. The Kier molecular flexibility index (Phi) is 4.28. The summed E-state index contributed by atoms with van der Waals surface area (Å²) in [5.74, 6) is 2.72. The molecule has 24 heavy (non-hydrogen) atoms. The number of nitrogens with one attached hydrogen (secondary N) is 2. The maximum absolute atomic E-state index is 5.57. The zero-order chi connectivity index (χ0) is 16.2. The highest BCUT2D eigenvalue weighted by Gasteiger charge is 2.16. The smallest absolute Gasteiger partial charge is 0.244 e. The molecule has 1 unspecified atom stereocenters. The fourth-order valence-corrected chi connectivity index (χ4v) is 2.72. The van der Waals surface area contributed by atoms with Crippen LogP contribution >= 0.6 is 0 Å². The molecule has 2 aromatic rings. The summed E-state index contributed by atoms with van der Waals surface area (Å²) in [6.45, 7) is 2.43. The monoisotopic (exact) mass is 329 g/mol. The van der Waals surface area contributed by atoms with Gasteiger partial charge in [0.2, 0.25) is 12.7 Å². The number of benzene rings is 1. The first-order valence-electron chi connectivity index (χ1n) is 8.04. The average molecular weight is 329 g/mol. The Morgan fingerprint density at radius 2 is 2.12 bits per heavy atom. The topological polar surface area (TPSA) is 90.4 Å². The number of hydrogen-bond acceptors (Lipinski definition) is 8. The number of nitrogens with zero attached hydrogens (tertiary/aromatic N) is 3. The maximum Gasteiger partial charge on any atom is 0.244 e. The molecule has 0 radical (unpaired) electrons. The van der Waals surface area contributed by atoms with Crippen LogP contribution in [0.4, 0.5) is 11.8 Å². The molecule has 1 atom stereocenters. The van der Waals surface area contributed by atoms with Crippen LogP contribution in [0, 0.1) is 0 Å². The predicted molar refractivity (Wildman–Crippen MR) is 87.2 cm³/mol. The summed E-state index contributed by atoms with van der Waals surface area (Å²) in [7, 11) is 0. The molecule has 126 valence electrons. The van der Waals surface area contributed by atoms with Gasteiger partial charge in [-0.2, -0.15) is 10.1 Å². The van der Waals surface area contributed by atoms with E-state index in [4.69, 9.17) is 14.2 Å². The Hall–Kier alpha value is -2.61. The lowest BCUT2D eigenvalue weighted by Gasteiger charge is -2.11.